The third-order valence-electron chi connectivity index (χ3n) is 6.25. The second-order valence-electron chi connectivity index (χ2n) is 8.35. The average molecular weight is 468 g/mol. The largest absolute Gasteiger partial charge is 0.462 e. The van der Waals surface area contributed by atoms with E-state index >= 15 is 0 Å². The summed E-state index contributed by atoms with van der Waals surface area (Å²) < 4.78 is 12.8. The molecule has 8 heteroatoms. The molecule has 33 heavy (non-hydrogen) atoms. The second-order valence-corrected chi connectivity index (χ2v) is 9.43. The molecule has 174 valence electrons. The van der Waals surface area contributed by atoms with Gasteiger partial charge in [0.05, 0.1) is 25.4 Å². The molecule has 0 unspecified atom stereocenters. The number of aromatic nitrogens is 1. The lowest BCUT2D eigenvalue weighted by atomic mass is 9.95. The molecule has 2 aliphatic rings. The lowest BCUT2D eigenvalue weighted by Gasteiger charge is -2.26. The van der Waals surface area contributed by atoms with Gasteiger partial charge in [-0.3, -0.25) is 4.79 Å². The quantitative estimate of drug-likeness (QED) is 0.377. The number of aryl methyl sites for hydroxylation is 2. The van der Waals surface area contributed by atoms with Gasteiger partial charge in [-0.05, 0) is 69.7 Å². The molecule has 4 rings (SSSR count). The number of rotatable bonds is 5. The van der Waals surface area contributed by atoms with Gasteiger partial charge in [0, 0.05) is 29.4 Å². The summed E-state index contributed by atoms with van der Waals surface area (Å²) in [5.41, 5.74) is 4.52. The molecule has 0 bridgehead atoms. The van der Waals surface area contributed by atoms with Crippen molar-refractivity contribution >= 4 is 29.3 Å². The number of amides is 1. The highest BCUT2D eigenvalue weighted by molar-refractivity contribution is 7.15. The molecular formula is C25H29N3O4S. The Bertz CT molecular complexity index is 1150. The third-order valence-corrected chi connectivity index (χ3v) is 7.53. The summed E-state index contributed by atoms with van der Waals surface area (Å²) in [7, 11) is 0. The molecule has 7 nitrogen and oxygen atoms in total. The Labute approximate surface area is 198 Å². The Hall–Kier alpha value is -2.89. The minimum atomic E-state index is -0.281. The number of carbonyl (C=O) groups excluding carboxylic acids is 2. The van der Waals surface area contributed by atoms with E-state index in [4.69, 9.17) is 9.47 Å². The van der Waals surface area contributed by atoms with Crippen LogP contribution >= 0.6 is 11.3 Å². The molecule has 0 radical (unpaired) electrons. The highest BCUT2D eigenvalue weighted by Crippen LogP contribution is 2.39. The van der Waals surface area contributed by atoms with Crippen LogP contribution in [0.15, 0.2) is 11.6 Å². The van der Waals surface area contributed by atoms with Gasteiger partial charge < -0.3 is 18.9 Å². The maximum atomic E-state index is 12.9. The van der Waals surface area contributed by atoms with Gasteiger partial charge in [0.1, 0.15) is 16.6 Å². The lowest BCUT2D eigenvalue weighted by molar-refractivity contribution is -0.130. The molecule has 0 atom stereocenters. The number of fused-ring (bicyclic) bond motifs is 1. The van der Waals surface area contributed by atoms with Crippen LogP contribution in [0, 0.1) is 25.2 Å². The zero-order valence-corrected chi connectivity index (χ0v) is 20.2. The number of hydrogen-bond donors (Lipinski definition) is 0. The first kappa shape index (κ1) is 23.3. The molecule has 2 aromatic heterocycles. The van der Waals surface area contributed by atoms with Crippen LogP contribution in [0.4, 0.5) is 0 Å². The van der Waals surface area contributed by atoms with E-state index in [1.165, 1.54) is 4.88 Å². The minimum absolute atomic E-state index is 0.105. The van der Waals surface area contributed by atoms with Gasteiger partial charge in [-0.25, -0.2) is 4.79 Å². The molecule has 1 saturated heterocycles. The molecule has 3 heterocycles. The monoisotopic (exact) mass is 467 g/mol. The van der Waals surface area contributed by atoms with Crippen LogP contribution in [0.3, 0.4) is 0 Å². The molecular weight excluding hydrogens is 438 g/mol. The van der Waals surface area contributed by atoms with Crippen LogP contribution in [-0.4, -0.2) is 54.3 Å². The Morgan fingerprint density at radius 1 is 1.24 bits per heavy atom. The van der Waals surface area contributed by atoms with Crippen LogP contribution in [0.5, 0.6) is 0 Å². The normalized spacial score (nSPS) is 16.3. The number of nitriles is 1. The number of esters is 1. The van der Waals surface area contributed by atoms with E-state index in [1.54, 1.807) is 22.3 Å². The van der Waals surface area contributed by atoms with Crippen molar-refractivity contribution in [1.82, 2.24) is 9.47 Å². The van der Waals surface area contributed by atoms with Crippen molar-refractivity contribution in [1.29, 1.82) is 5.26 Å². The fourth-order valence-electron chi connectivity index (χ4n) is 4.60. The Kier molecular flexibility index (Phi) is 7.01. The zero-order valence-electron chi connectivity index (χ0n) is 19.4. The van der Waals surface area contributed by atoms with Crippen LogP contribution in [0.1, 0.15) is 57.5 Å². The van der Waals surface area contributed by atoms with Crippen LogP contribution < -0.4 is 0 Å². The summed E-state index contributed by atoms with van der Waals surface area (Å²) >= 11 is 1.65. The van der Waals surface area contributed by atoms with Gasteiger partial charge in [-0.1, -0.05) is 0 Å². The van der Waals surface area contributed by atoms with E-state index in [0.29, 0.717) is 38.5 Å². The van der Waals surface area contributed by atoms with Gasteiger partial charge in [-0.2, -0.15) is 5.26 Å². The molecule has 0 spiro atoms. The molecule has 1 aliphatic carbocycles. The van der Waals surface area contributed by atoms with Crippen molar-refractivity contribution in [3.05, 3.63) is 44.6 Å². The summed E-state index contributed by atoms with van der Waals surface area (Å²) in [5.74, 6) is -0.555. The standard InChI is InChI=1S/C25H29N3O4S/c1-4-32-25(30)22-20-7-5-6-8-21(20)33-24(22)28-16(2)13-18(17(28)3)14-19(15-26)23(29)27-9-11-31-12-10-27/h13-14H,4-12H2,1-3H3. The Morgan fingerprint density at radius 3 is 2.67 bits per heavy atom. The van der Waals surface area contributed by atoms with E-state index < -0.39 is 0 Å². The molecule has 0 N–H and O–H groups in total. The summed E-state index contributed by atoms with van der Waals surface area (Å²) in [6.07, 6.45) is 5.72. The molecule has 1 aliphatic heterocycles. The smallest absolute Gasteiger partial charge is 0.341 e. The Morgan fingerprint density at radius 2 is 1.97 bits per heavy atom. The minimum Gasteiger partial charge on any atom is -0.462 e. The van der Waals surface area contributed by atoms with Crippen molar-refractivity contribution in [2.75, 3.05) is 32.9 Å². The topological polar surface area (TPSA) is 84.6 Å². The number of morpholine rings is 1. The number of thiophene rings is 1. The van der Waals surface area contributed by atoms with E-state index in [2.05, 4.69) is 10.6 Å². The first-order valence-electron chi connectivity index (χ1n) is 11.5. The molecule has 1 fully saturated rings. The van der Waals surface area contributed by atoms with Crippen molar-refractivity contribution in [3.8, 4) is 11.1 Å². The summed E-state index contributed by atoms with van der Waals surface area (Å²) in [6, 6.07) is 4.04. The van der Waals surface area contributed by atoms with E-state index in [9.17, 15) is 14.9 Å². The fraction of sp³-hybridized carbons (Fsp3) is 0.480. The van der Waals surface area contributed by atoms with Crippen molar-refractivity contribution in [2.45, 2.75) is 46.5 Å². The van der Waals surface area contributed by atoms with Crippen LogP contribution in [0.25, 0.3) is 11.1 Å². The van der Waals surface area contributed by atoms with E-state index in [1.807, 2.05) is 26.8 Å². The van der Waals surface area contributed by atoms with Gasteiger partial charge in [0.2, 0.25) is 0 Å². The van der Waals surface area contributed by atoms with Crippen LogP contribution in [-0.2, 0) is 27.1 Å². The zero-order chi connectivity index (χ0) is 23.5. The lowest BCUT2D eigenvalue weighted by Crippen LogP contribution is -2.41. The number of carbonyl (C=O) groups is 2. The van der Waals surface area contributed by atoms with Gasteiger partial charge in [-0.15, -0.1) is 11.3 Å². The van der Waals surface area contributed by atoms with Crippen molar-refractivity contribution in [2.24, 2.45) is 0 Å². The number of hydrogen-bond acceptors (Lipinski definition) is 6. The number of ether oxygens (including phenoxy) is 2. The SMILES string of the molecule is CCOC(=O)c1c(-n2c(C)cc(C=C(C#N)C(=O)N3CCOCC3)c2C)sc2c1CCCC2. The van der Waals surface area contributed by atoms with Gasteiger partial charge >= 0.3 is 5.97 Å². The first-order valence-corrected chi connectivity index (χ1v) is 12.3. The summed E-state index contributed by atoms with van der Waals surface area (Å²) in [5, 5.41) is 10.6. The second kappa shape index (κ2) is 9.94. The molecule has 2 aromatic rings. The fourth-order valence-corrected chi connectivity index (χ4v) is 6.09. The van der Waals surface area contributed by atoms with E-state index in [-0.39, 0.29) is 17.4 Å². The summed E-state index contributed by atoms with van der Waals surface area (Å²) in [6.45, 7) is 8.03. The predicted molar refractivity (Wildman–Crippen MR) is 127 cm³/mol. The highest BCUT2D eigenvalue weighted by atomic mass is 32.1. The summed E-state index contributed by atoms with van der Waals surface area (Å²) in [4.78, 5) is 28.7. The van der Waals surface area contributed by atoms with Crippen LogP contribution in [0.2, 0.25) is 0 Å². The number of nitrogens with zero attached hydrogens (tertiary/aromatic N) is 3. The Balaban J connectivity index is 1.76. The highest BCUT2D eigenvalue weighted by Gasteiger charge is 2.29. The maximum Gasteiger partial charge on any atom is 0.341 e. The maximum absolute atomic E-state index is 12.9. The van der Waals surface area contributed by atoms with Gasteiger partial charge in [0.25, 0.3) is 5.91 Å². The first-order chi connectivity index (χ1) is 16.0. The van der Waals surface area contributed by atoms with Crippen molar-refractivity contribution < 1.29 is 19.1 Å². The van der Waals surface area contributed by atoms with Gasteiger partial charge in [0.15, 0.2) is 0 Å². The molecule has 0 aromatic carbocycles. The average Bonchev–Trinajstić information content (AvgIpc) is 3.33. The van der Waals surface area contributed by atoms with E-state index in [0.717, 1.165) is 53.2 Å². The molecule has 1 amide bonds. The molecule has 0 saturated carbocycles. The van der Waals surface area contributed by atoms with Crippen molar-refractivity contribution in [3.63, 3.8) is 0 Å². The predicted octanol–water partition coefficient (Wildman–Crippen LogP) is 3.98. The third kappa shape index (κ3) is 4.48.